The van der Waals surface area contributed by atoms with E-state index in [2.05, 4.69) is 50.9 Å². The van der Waals surface area contributed by atoms with Gasteiger partial charge in [0.2, 0.25) is 5.91 Å². The first kappa shape index (κ1) is 20.1. The van der Waals surface area contributed by atoms with Crippen LogP contribution < -0.4 is 10.2 Å². The van der Waals surface area contributed by atoms with E-state index in [1.807, 2.05) is 25.3 Å². The van der Waals surface area contributed by atoms with E-state index < -0.39 is 5.41 Å². The molecule has 3 heterocycles. The van der Waals surface area contributed by atoms with E-state index in [-0.39, 0.29) is 11.8 Å². The van der Waals surface area contributed by atoms with Crippen LogP contribution in [0.15, 0.2) is 53.4 Å². The van der Waals surface area contributed by atoms with Crippen LogP contribution in [-0.2, 0) is 9.53 Å². The molecule has 152 valence electrons. The summed E-state index contributed by atoms with van der Waals surface area (Å²) < 4.78 is 5.46. The fraction of sp³-hybridized carbons (Fsp3) is 0.364. The lowest BCUT2D eigenvalue weighted by molar-refractivity contribution is -0.124. The number of anilines is 2. The number of carbonyl (C=O) groups excluding carboxylic acids is 1. The standard InChI is InChI=1S/C22H25N3O2S2/c1-22(2,20(26)24-21-23-9-15-29-21)19(18-4-3-14-28-18)16-5-7-17(8-6-16)25-10-12-27-13-11-25/h3-9,14-15,19H,10-13H2,1-2H3,(H,23,24,26). The number of aromatic nitrogens is 1. The van der Waals surface area contributed by atoms with Gasteiger partial charge in [0.25, 0.3) is 0 Å². The van der Waals surface area contributed by atoms with E-state index in [9.17, 15) is 4.79 Å². The molecule has 1 saturated heterocycles. The maximum atomic E-state index is 13.2. The number of carbonyl (C=O) groups is 1. The van der Waals surface area contributed by atoms with Crippen molar-refractivity contribution in [1.82, 2.24) is 4.98 Å². The fourth-order valence-electron chi connectivity index (χ4n) is 3.77. The first-order valence-electron chi connectivity index (χ1n) is 9.73. The van der Waals surface area contributed by atoms with Gasteiger partial charge in [-0.2, -0.15) is 0 Å². The van der Waals surface area contributed by atoms with Crippen molar-refractivity contribution in [1.29, 1.82) is 0 Å². The molecule has 1 unspecified atom stereocenters. The van der Waals surface area contributed by atoms with Crippen molar-refractivity contribution >= 4 is 39.4 Å². The second kappa shape index (κ2) is 8.65. The Bertz CT molecular complexity index is 916. The molecule has 0 radical (unpaired) electrons. The van der Waals surface area contributed by atoms with Gasteiger partial charge < -0.3 is 15.0 Å². The Morgan fingerprint density at radius 1 is 1.14 bits per heavy atom. The van der Waals surface area contributed by atoms with Crippen molar-refractivity contribution in [2.24, 2.45) is 5.41 Å². The Morgan fingerprint density at radius 2 is 1.90 bits per heavy atom. The summed E-state index contributed by atoms with van der Waals surface area (Å²) in [5, 5.41) is 7.56. The number of rotatable bonds is 6. The number of thiophene rings is 1. The molecule has 7 heteroatoms. The van der Waals surface area contributed by atoms with Gasteiger partial charge in [-0.3, -0.25) is 4.79 Å². The molecule has 1 aromatic carbocycles. The summed E-state index contributed by atoms with van der Waals surface area (Å²) in [4.78, 5) is 20.9. The third-order valence-electron chi connectivity index (χ3n) is 5.39. The lowest BCUT2D eigenvalue weighted by Gasteiger charge is -2.33. The molecular formula is C22H25N3O2S2. The largest absolute Gasteiger partial charge is 0.378 e. The maximum absolute atomic E-state index is 13.2. The van der Waals surface area contributed by atoms with Crippen LogP contribution in [0.25, 0.3) is 0 Å². The molecule has 0 bridgehead atoms. The van der Waals surface area contributed by atoms with Crippen LogP contribution in [-0.4, -0.2) is 37.2 Å². The Kier molecular flexibility index (Phi) is 5.99. The Hall–Kier alpha value is -2.22. The second-order valence-electron chi connectivity index (χ2n) is 7.65. The van der Waals surface area contributed by atoms with Gasteiger partial charge in [-0.15, -0.1) is 22.7 Å². The highest BCUT2D eigenvalue weighted by Gasteiger charge is 2.39. The molecule has 0 aliphatic carbocycles. The van der Waals surface area contributed by atoms with Crippen molar-refractivity contribution < 1.29 is 9.53 Å². The number of ether oxygens (including phenoxy) is 1. The summed E-state index contributed by atoms with van der Waals surface area (Å²) in [6, 6.07) is 12.8. The summed E-state index contributed by atoms with van der Waals surface area (Å²) in [5.41, 5.74) is 1.70. The molecule has 5 nitrogen and oxygen atoms in total. The Morgan fingerprint density at radius 3 is 2.52 bits per heavy atom. The number of hydrogen-bond acceptors (Lipinski definition) is 6. The van der Waals surface area contributed by atoms with Gasteiger partial charge in [0.15, 0.2) is 5.13 Å². The van der Waals surface area contributed by atoms with Crippen LogP contribution in [0.4, 0.5) is 10.8 Å². The number of hydrogen-bond donors (Lipinski definition) is 1. The highest BCUT2D eigenvalue weighted by atomic mass is 32.1. The minimum Gasteiger partial charge on any atom is -0.378 e. The topological polar surface area (TPSA) is 54.5 Å². The zero-order valence-corrected chi connectivity index (χ0v) is 18.3. The van der Waals surface area contributed by atoms with Crippen LogP contribution in [0.1, 0.15) is 30.2 Å². The first-order chi connectivity index (χ1) is 14.1. The van der Waals surface area contributed by atoms with Gasteiger partial charge in [-0.05, 0) is 29.1 Å². The molecular weight excluding hydrogens is 402 g/mol. The Labute approximate surface area is 179 Å². The molecule has 1 fully saturated rings. The summed E-state index contributed by atoms with van der Waals surface area (Å²) in [5.74, 6) is -0.0655. The zero-order chi connectivity index (χ0) is 20.3. The molecule has 1 aliphatic rings. The number of amides is 1. The van der Waals surface area contributed by atoms with Crippen molar-refractivity contribution in [2.75, 3.05) is 36.5 Å². The molecule has 0 saturated carbocycles. The van der Waals surface area contributed by atoms with Gasteiger partial charge in [0, 0.05) is 41.1 Å². The zero-order valence-electron chi connectivity index (χ0n) is 16.6. The minimum atomic E-state index is -0.642. The average Bonchev–Trinajstić information content (AvgIpc) is 3.44. The molecule has 2 aromatic heterocycles. The minimum absolute atomic E-state index is 0.0249. The number of thiazole rings is 1. The van der Waals surface area contributed by atoms with Crippen molar-refractivity contribution in [3.8, 4) is 0 Å². The van der Waals surface area contributed by atoms with Crippen molar-refractivity contribution in [2.45, 2.75) is 19.8 Å². The summed E-state index contributed by atoms with van der Waals surface area (Å²) >= 11 is 3.12. The van der Waals surface area contributed by atoms with Crippen LogP contribution in [0.5, 0.6) is 0 Å². The molecule has 1 amide bonds. The predicted octanol–water partition coefficient (Wildman–Crippen LogP) is 4.84. The van der Waals surface area contributed by atoms with Gasteiger partial charge in [0.1, 0.15) is 0 Å². The number of nitrogens with one attached hydrogen (secondary N) is 1. The summed E-state index contributed by atoms with van der Waals surface area (Å²) in [6.45, 7) is 7.38. The SMILES string of the molecule is CC(C)(C(=O)Nc1nccs1)C(c1ccc(N2CCOCC2)cc1)c1cccs1. The molecule has 1 atom stereocenters. The third-order valence-corrected chi connectivity index (χ3v) is 7.02. The molecule has 0 spiro atoms. The van der Waals surface area contributed by atoms with E-state index in [1.165, 1.54) is 21.9 Å². The van der Waals surface area contributed by atoms with Crippen LogP contribution >= 0.6 is 22.7 Å². The monoisotopic (exact) mass is 427 g/mol. The van der Waals surface area contributed by atoms with Crippen molar-refractivity contribution in [3.63, 3.8) is 0 Å². The quantitative estimate of drug-likeness (QED) is 0.612. The third kappa shape index (κ3) is 4.37. The lowest BCUT2D eigenvalue weighted by Crippen LogP contribution is -2.37. The maximum Gasteiger partial charge on any atom is 0.232 e. The van der Waals surface area contributed by atoms with E-state index in [0.717, 1.165) is 31.9 Å². The fourth-order valence-corrected chi connectivity index (χ4v) is 5.33. The highest BCUT2D eigenvalue weighted by Crippen LogP contribution is 2.44. The smallest absolute Gasteiger partial charge is 0.232 e. The van der Waals surface area contributed by atoms with Gasteiger partial charge in [0.05, 0.1) is 18.6 Å². The van der Waals surface area contributed by atoms with Gasteiger partial charge in [-0.25, -0.2) is 4.98 Å². The van der Waals surface area contributed by atoms with E-state index in [0.29, 0.717) is 5.13 Å². The molecule has 29 heavy (non-hydrogen) atoms. The number of nitrogens with zero attached hydrogens (tertiary/aromatic N) is 2. The van der Waals surface area contributed by atoms with E-state index in [1.54, 1.807) is 17.5 Å². The first-order valence-corrected chi connectivity index (χ1v) is 11.5. The van der Waals surface area contributed by atoms with E-state index >= 15 is 0 Å². The average molecular weight is 428 g/mol. The van der Waals surface area contributed by atoms with Crippen molar-refractivity contribution in [3.05, 3.63) is 63.8 Å². The Balaban J connectivity index is 1.62. The predicted molar refractivity (Wildman–Crippen MR) is 120 cm³/mol. The molecule has 3 aromatic rings. The normalized spacial score (nSPS) is 15.9. The number of morpholine rings is 1. The van der Waals surface area contributed by atoms with Gasteiger partial charge >= 0.3 is 0 Å². The molecule has 1 aliphatic heterocycles. The molecule has 4 rings (SSSR count). The summed E-state index contributed by atoms with van der Waals surface area (Å²) in [7, 11) is 0. The second-order valence-corrected chi connectivity index (χ2v) is 9.53. The summed E-state index contributed by atoms with van der Waals surface area (Å²) in [6.07, 6.45) is 1.70. The number of benzene rings is 1. The van der Waals surface area contributed by atoms with Gasteiger partial charge in [-0.1, -0.05) is 32.0 Å². The highest BCUT2D eigenvalue weighted by molar-refractivity contribution is 7.13. The van der Waals surface area contributed by atoms with Crippen LogP contribution in [0.3, 0.4) is 0 Å². The lowest BCUT2D eigenvalue weighted by atomic mass is 9.73. The van der Waals surface area contributed by atoms with Crippen LogP contribution in [0, 0.1) is 5.41 Å². The molecule has 1 N–H and O–H groups in total. The van der Waals surface area contributed by atoms with E-state index in [4.69, 9.17) is 4.74 Å². The van der Waals surface area contributed by atoms with Crippen LogP contribution in [0.2, 0.25) is 0 Å².